The number of hydrogen-bond acceptors (Lipinski definition) is 2. The molecule has 0 radical (unpaired) electrons. The molecule has 1 heterocycles. The summed E-state index contributed by atoms with van der Waals surface area (Å²) in [5.41, 5.74) is 0. The summed E-state index contributed by atoms with van der Waals surface area (Å²) >= 11 is 2.21. The van der Waals surface area contributed by atoms with Gasteiger partial charge in [-0.1, -0.05) is 6.42 Å². The molecule has 1 N–H and O–H groups in total. The third-order valence-corrected chi connectivity index (χ3v) is 4.34. The fourth-order valence-corrected chi connectivity index (χ4v) is 3.32. The summed E-state index contributed by atoms with van der Waals surface area (Å²) in [6, 6.07) is 0. The molecule has 0 unspecified atom stereocenters. The smallest absolute Gasteiger partial charge is 0.0172 e. The Morgan fingerprint density at radius 1 is 1.10 bits per heavy atom. The normalized spacial score (nSPS) is 31.2. The van der Waals surface area contributed by atoms with Crippen LogP contribution < -0.4 is 5.32 Å². The van der Waals surface area contributed by atoms with Gasteiger partial charge in [-0.3, -0.25) is 0 Å². The van der Waals surface area contributed by atoms with Crippen LogP contribution in [0.3, 0.4) is 0 Å². The Morgan fingerprint density at radius 3 is 2.70 bits per heavy atom. The minimum atomic E-state index is 0.740. The fourth-order valence-electron chi connectivity index (χ4n) is 1.82. The molecule has 1 saturated carbocycles. The van der Waals surface area contributed by atoms with Crippen molar-refractivity contribution in [3.63, 3.8) is 0 Å². The first-order valence-corrected chi connectivity index (χ1v) is 5.25. The van der Waals surface area contributed by atoms with Crippen LogP contribution in [0.4, 0.5) is 0 Å². The molecule has 1 nitrogen and oxygen atoms in total. The Morgan fingerprint density at radius 2 is 2.00 bits per heavy atom. The lowest BCUT2D eigenvalue weighted by atomic mass is 9.82. The van der Waals surface area contributed by atoms with Crippen LogP contribution in [0.25, 0.3) is 0 Å². The second-order valence-corrected chi connectivity index (χ2v) is 4.95. The molecular formula is C8H15NS. The highest BCUT2D eigenvalue weighted by atomic mass is 32.2. The predicted octanol–water partition coefficient (Wildman–Crippen LogP) is 1.64. The molecule has 2 rings (SSSR count). The fraction of sp³-hybridized carbons (Fsp3) is 1.00. The molecule has 1 spiro atoms. The molecule has 2 fully saturated rings. The van der Waals surface area contributed by atoms with Crippen LogP contribution in [-0.2, 0) is 0 Å². The van der Waals surface area contributed by atoms with Crippen molar-refractivity contribution in [2.24, 2.45) is 0 Å². The van der Waals surface area contributed by atoms with E-state index in [-0.39, 0.29) is 0 Å². The van der Waals surface area contributed by atoms with Crippen molar-refractivity contribution >= 4 is 11.8 Å². The number of rotatable bonds is 0. The molecule has 10 heavy (non-hydrogen) atoms. The lowest BCUT2D eigenvalue weighted by molar-refractivity contribution is 0.342. The minimum Gasteiger partial charge on any atom is -0.316 e. The van der Waals surface area contributed by atoms with Crippen LogP contribution in [0.5, 0.6) is 0 Å². The average Bonchev–Trinajstić information content (AvgIpc) is 2.08. The van der Waals surface area contributed by atoms with Crippen molar-refractivity contribution in [2.75, 3.05) is 18.8 Å². The lowest BCUT2D eigenvalue weighted by Crippen LogP contribution is -2.34. The molecule has 0 aromatic carbocycles. The topological polar surface area (TPSA) is 12.0 Å². The van der Waals surface area contributed by atoms with E-state index in [1.54, 1.807) is 0 Å². The van der Waals surface area contributed by atoms with Crippen LogP contribution in [0.2, 0.25) is 0 Å². The third kappa shape index (κ3) is 1.19. The predicted molar refractivity (Wildman–Crippen MR) is 46.5 cm³/mol. The molecule has 1 saturated heterocycles. The zero-order valence-electron chi connectivity index (χ0n) is 6.36. The Labute approximate surface area is 67.0 Å². The van der Waals surface area contributed by atoms with E-state index in [4.69, 9.17) is 0 Å². The minimum absolute atomic E-state index is 0.740. The first-order valence-electron chi connectivity index (χ1n) is 4.26. The summed E-state index contributed by atoms with van der Waals surface area (Å²) in [6.45, 7) is 2.49. The largest absolute Gasteiger partial charge is 0.316 e. The Balaban J connectivity index is 1.92. The van der Waals surface area contributed by atoms with Gasteiger partial charge in [-0.05, 0) is 25.8 Å². The highest BCUT2D eigenvalue weighted by Gasteiger charge is 2.37. The van der Waals surface area contributed by atoms with E-state index in [0.29, 0.717) is 0 Å². The Kier molecular flexibility index (Phi) is 1.92. The summed E-state index contributed by atoms with van der Waals surface area (Å²) in [5.74, 6) is 1.33. The van der Waals surface area contributed by atoms with Gasteiger partial charge in [0.15, 0.2) is 0 Å². The quantitative estimate of drug-likeness (QED) is 0.573. The van der Waals surface area contributed by atoms with Crippen LogP contribution in [0.1, 0.15) is 25.7 Å². The first-order chi connectivity index (χ1) is 4.91. The summed E-state index contributed by atoms with van der Waals surface area (Å²) in [7, 11) is 0. The molecule has 0 bridgehead atoms. The van der Waals surface area contributed by atoms with Crippen molar-refractivity contribution in [2.45, 2.75) is 30.4 Å². The third-order valence-electron chi connectivity index (χ3n) is 2.71. The van der Waals surface area contributed by atoms with Gasteiger partial charge in [0.1, 0.15) is 0 Å². The first kappa shape index (κ1) is 6.99. The van der Waals surface area contributed by atoms with E-state index in [1.807, 2.05) is 0 Å². The van der Waals surface area contributed by atoms with E-state index < -0.39 is 0 Å². The second kappa shape index (κ2) is 2.74. The second-order valence-electron chi connectivity index (χ2n) is 3.39. The molecule has 0 amide bonds. The highest BCUT2D eigenvalue weighted by molar-refractivity contribution is 8.00. The van der Waals surface area contributed by atoms with E-state index in [9.17, 15) is 0 Å². The van der Waals surface area contributed by atoms with E-state index in [0.717, 1.165) is 4.75 Å². The van der Waals surface area contributed by atoms with Crippen molar-refractivity contribution in [1.29, 1.82) is 0 Å². The van der Waals surface area contributed by atoms with Gasteiger partial charge in [0, 0.05) is 17.0 Å². The van der Waals surface area contributed by atoms with Gasteiger partial charge in [0.05, 0.1) is 0 Å². The molecule has 2 heteroatoms. The molecule has 0 atom stereocenters. The average molecular weight is 157 g/mol. The van der Waals surface area contributed by atoms with E-state index in [2.05, 4.69) is 17.1 Å². The van der Waals surface area contributed by atoms with E-state index >= 15 is 0 Å². The van der Waals surface area contributed by atoms with Crippen LogP contribution in [0.15, 0.2) is 0 Å². The van der Waals surface area contributed by atoms with Crippen molar-refractivity contribution in [3.05, 3.63) is 0 Å². The van der Waals surface area contributed by atoms with Gasteiger partial charge < -0.3 is 5.32 Å². The zero-order valence-corrected chi connectivity index (χ0v) is 7.17. The maximum absolute atomic E-state index is 3.45. The van der Waals surface area contributed by atoms with Gasteiger partial charge in [-0.15, -0.1) is 0 Å². The van der Waals surface area contributed by atoms with Gasteiger partial charge in [-0.25, -0.2) is 0 Å². The monoisotopic (exact) mass is 157 g/mol. The molecule has 58 valence electrons. The van der Waals surface area contributed by atoms with Gasteiger partial charge >= 0.3 is 0 Å². The summed E-state index contributed by atoms with van der Waals surface area (Å²) < 4.78 is 0.740. The van der Waals surface area contributed by atoms with Crippen LogP contribution in [-0.4, -0.2) is 23.6 Å². The van der Waals surface area contributed by atoms with Crippen LogP contribution in [0, 0.1) is 0 Å². The van der Waals surface area contributed by atoms with Gasteiger partial charge in [-0.2, -0.15) is 11.8 Å². The molecule has 2 aliphatic rings. The molecule has 1 aliphatic heterocycles. The molecule has 0 aromatic rings. The Hall–Kier alpha value is 0.310. The SMILES string of the molecule is C1CC2(C1)CCNCCS2. The zero-order chi connectivity index (χ0) is 6.86. The summed E-state index contributed by atoms with van der Waals surface area (Å²) in [4.78, 5) is 0. The maximum atomic E-state index is 3.45. The van der Waals surface area contributed by atoms with Crippen molar-refractivity contribution < 1.29 is 0 Å². The molecule has 0 aromatic heterocycles. The maximum Gasteiger partial charge on any atom is 0.0172 e. The summed E-state index contributed by atoms with van der Waals surface area (Å²) in [5, 5.41) is 3.45. The molecule has 1 aliphatic carbocycles. The Bertz CT molecular complexity index is 110. The van der Waals surface area contributed by atoms with Gasteiger partial charge in [0.2, 0.25) is 0 Å². The lowest BCUT2D eigenvalue weighted by Gasteiger charge is -2.40. The van der Waals surface area contributed by atoms with Crippen molar-refractivity contribution in [3.8, 4) is 0 Å². The number of nitrogens with one attached hydrogen (secondary N) is 1. The molecular weight excluding hydrogens is 142 g/mol. The standard InChI is InChI=1S/C8H15NS/c1-2-8(3-1)4-5-9-6-7-10-8/h9H,1-7H2. The number of hydrogen-bond donors (Lipinski definition) is 1. The van der Waals surface area contributed by atoms with Crippen LogP contribution >= 0.6 is 11.8 Å². The van der Waals surface area contributed by atoms with E-state index in [1.165, 1.54) is 44.5 Å². The summed E-state index contributed by atoms with van der Waals surface area (Å²) in [6.07, 6.45) is 5.86. The van der Waals surface area contributed by atoms with Gasteiger partial charge in [0.25, 0.3) is 0 Å². The number of thioether (sulfide) groups is 1. The van der Waals surface area contributed by atoms with Crippen molar-refractivity contribution in [1.82, 2.24) is 5.32 Å². The highest BCUT2D eigenvalue weighted by Crippen LogP contribution is 2.46.